The maximum atomic E-state index is 6.11. The van der Waals surface area contributed by atoms with E-state index in [-0.39, 0.29) is 6.04 Å². The van der Waals surface area contributed by atoms with Gasteiger partial charge in [-0.05, 0) is 25.0 Å². The van der Waals surface area contributed by atoms with Crippen LogP contribution in [0, 0.1) is 0 Å². The first-order valence-corrected chi connectivity index (χ1v) is 7.45. The predicted octanol–water partition coefficient (Wildman–Crippen LogP) is 3.89. The van der Waals surface area contributed by atoms with Crippen LogP contribution in [-0.2, 0) is 6.42 Å². The smallest absolute Gasteiger partial charge is 0.123 e. The Balaban J connectivity index is 2.09. The molecule has 0 spiro atoms. The average molecular weight is 263 g/mol. The number of rotatable bonds is 6. The van der Waals surface area contributed by atoms with Crippen LogP contribution in [0.3, 0.4) is 0 Å². The van der Waals surface area contributed by atoms with Crippen molar-refractivity contribution < 1.29 is 0 Å². The lowest BCUT2D eigenvalue weighted by molar-refractivity contribution is 0.580. The number of hydrogen-bond donors (Lipinski definition) is 2. The third-order valence-electron chi connectivity index (χ3n) is 3.09. The van der Waals surface area contributed by atoms with Gasteiger partial charge in [0, 0.05) is 4.88 Å². The summed E-state index contributed by atoms with van der Waals surface area (Å²) in [5, 5.41) is 0. The molecule has 2 aromatic heterocycles. The molecule has 98 valence electrons. The van der Waals surface area contributed by atoms with Crippen molar-refractivity contribution in [1.29, 1.82) is 0 Å². The van der Waals surface area contributed by atoms with Crippen molar-refractivity contribution in [1.82, 2.24) is 9.97 Å². The summed E-state index contributed by atoms with van der Waals surface area (Å²) in [4.78, 5) is 10.4. The van der Waals surface area contributed by atoms with Crippen molar-refractivity contribution >= 4 is 11.3 Å². The monoisotopic (exact) mass is 263 g/mol. The summed E-state index contributed by atoms with van der Waals surface area (Å²) in [6, 6.07) is 4.36. The Bertz CT molecular complexity index is 487. The van der Waals surface area contributed by atoms with E-state index in [4.69, 9.17) is 5.73 Å². The third-order valence-corrected chi connectivity index (χ3v) is 4.35. The van der Waals surface area contributed by atoms with Gasteiger partial charge >= 0.3 is 0 Å². The fourth-order valence-corrected chi connectivity index (χ4v) is 2.84. The second-order valence-corrected chi connectivity index (χ2v) is 5.72. The quantitative estimate of drug-likeness (QED) is 0.830. The number of nitrogens with two attached hydrogens (primary N) is 1. The molecule has 0 saturated heterocycles. The molecule has 0 aliphatic carbocycles. The minimum atomic E-state index is 0.0318. The van der Waals surface area contributed by atoms with E-state index in [1.807, 2.05) is 17.5 Å². The van der Waals surface area contributed by atoms with Gasteiger partial charge in [0.2, 0.25) is 0 Å². The Kier molecular flexibility index (Phi) is 4.55. The molecule has 2 aromatic rings. The topological polar surface area (TPSA) is 54.7 Å². The molecule has 0 aliphatic rings. The molecule has 0 radical (unpaired) electrons. The predicted molar refractivity (Wildman–Crippen MR) is 77.7 cm³/mol. The second-order valence-electron chi connectivity index (χ2n) is 4.55. The van der Waals surface area contributed by atoms with Crippen LogP contribution < -0.4 is 5.73 Å². The lowest BCUT2D eigenvalue weighted by atomic mass is 10.1. The van der Waals surface area contributed by atoms with Crippen LogP contribution in [-0.4, -0.2) is 9.97 Å². The lowest BCUT2D eigenvalue weighted by Crippen LogP contribution is -2.11. The van der Waals surface area contributed by atoms with E-state index in [9.17, 15) is 0 Å². The zero-order valence-corrected chi connectivity index (χ0v) is 11.9. The molecule has 4 heteroatoms. The van der Waals surface area contributed by atoms with Gasteiger partial charge in [0.25, 0.3) is 0 Å². The van der Waals surface area contributed by atoms with E-state index in [0.29, 0.717) is 0 Å². The number of imidazole rings is 1. The number of hydrogen-bond acceptors (Lipinski definition) is 3. The number of nitrogens with zero attached hydrogens (tertiary/aromatic N) is 1. The Morgan fingerprint density at radius 2 is 2.22 bits per heavy atom. The summed E-state index contributed by atoms with van der Waals surface area (Å²) >= 11 is 1.82. The van der Waals surface area contributed by atoms with E-state index >= 15 is 0 Å². The summed E-state index contributed by atoms with van der Waals surface area (Å²) in [7, 11) is 0. The first-order chi connectivity index (χ1) is 8.74. The highest BCUT2D eigenvalue weighted by molar-refractivity contribution is 7.15. The third kappa shape index (κ3) is 3.00. The van der Waals surface area contributed by atoms with Gasteiger partial charge in [-0.3, -0.25) is 0 Å². The van der Waals surface area contributed by atoms with E-state index in [1.54, 1.807) is 0 Å². The molecule has 3 N–H and O–H groups in total. The van der Waals surface area contributed by atoms with Gasteiger partial charge in [0.15, 0.2) is 0 Å². The molecule has 0 amide bonds. The highest BCUT2D eigenvalue weighted by Crippen LogP contribution is 2.28. The van der Waals surface area contributed by atoms with Crippen LogP contribution in [0.25, 0.3) is 10.6 Å². The maximum absolute atomic E-state index is 6.11. The highest BCUT2D eigenvalue weighted by atomic mass is 32.1. The first kappa shape index (κ1) is 13.3. The van der Waals surface area contributed by atoms with Crippen LogP contribution in [0.4, 0.5) is 0 Å². The van der Waals surface area contributed by atoms with Crippen molar-refractivity contribution in [3.8, 4) is 10.6 Å². The maximum Gasteiger partial charge on any atom is 0.123 e. The molecule has 2 heterocycles. The molecular formula is C14H21N3S. The van der Waals surface area contributed by atoms with Crippen molar-refractivity contribution in [3.05, 3.63) is 29.0 Å². The SMILES string of the molecule is CCCCC(N)c1ncc(-c2ccc(CC)s2)[nH]1. The van der Waals surface area contributed by atoms with Crippen LogP contribution in [0.1, 0.15) is 49.9 Å². The molecule has 3 nitrogen and oxygen atoms in total. The lowest BCUT2D eigenvalue weighted by Gasteiger charge is -2.06. The molecule has 0 fully saturated rings. The molecule has 1 atom stereocenters. The van der Waals surface area contributed by atoms with Crippen LogP contribution in [0.15, 0.2) is 18.3 Å². The van der Waals surface area contributed by atoms with Gasteiger partial charge in [-0.1, -0.05) is 26.7 Å². The fourth-order valence-electron chi connectivity index (χ4n) is 1.92. The summed E-state index contributed by atoms with van der Waals surface area (Å²) in [5.74, 6) is 0.907. The molecule has 0 bridgehead atoms. The summed E-state index contributed by atoms with van der Waals surface area (Å²) in [5.41, 5.74) is 7.20. The van der Waals surface area contributed by atoms with Crippen molar-refractivity contribution in [2.45, 2.75) is 45.6 Å². The standard InChI is InChI=1S/C14H21N3S/c1-3-5-6-11(15)14-16-9-12(17-14)13-8-7-10(4-2)18-13/h7-9,11H,3-6,15H2,1-2H3,(H,16,17). The zero-order chi connectivity index (χ0) is 13.0. The first-order valence-electron chi connectivity index (χ1n) is 6.64. The number of thiophene rings is 1. The average Bonchev–Trinajstić information content (AvgIpc) is 3.03. The number of H-pyrrole nitrogens is 1. The van der Waals surface area contributed by atoms with Crippen LogP contribution >= 0.6 is 11.3 Å². The van der Waals surface area contributed by atoms with E-state index in [0.717, 1.165) is 30.8 Å². The van der Waals surface area contributed by atoms with Gasteiger partial charge in [-0.25, -0.2) is 4.98 Å². The van der Waals surface area contributed by atoms with Crippen LogP contribution in [0.5, 0.6) is 0 Å². The number of aromatic nitrogens is 2. The van der Waals surface area contributed by atoms with Crippen LogP contribution in [0.2, 0.25) is 0 Å². The Hall–Kier alpha value is -1.13. The Morgan fingerprint density at radius 1 is 1.39 bits per heavy atom. The number of aryl methyl sites for hydroxylation is 1. The normalized spacial score (nSPS) is 12.8. The highest BCUT2D eigenvalue weighted by Gasteiger charge is 2.11. The molecule has 1 unspecified atom stereocenters. The Morgan fingerprint density at radius 3 is 2.89 bits per heavy atom. The second kappa shape index (κ2) is 6.16. The van der Waals surface area contributed by atoms with E-state index < -0.39 is 0 Å². The fraction of sp³-hybridized carbons (Fsp3) is 0.500. The molecule has 0 aromatic carbocycles. The Labute approximate surface area is 112 Å². The summed E-state index contributed by atoms with van der Waals surface area (Å²) in [6.07, 6.45) is 6.30. The summed E-state index contributed by atoms with van der Waals surface area (Å²) in [6.45, 7) is 4.35. The van der Waals surface area contributed by atoms with Gasteiger partial charge in [-0.15, -0.1) is 11.3 Å². The molecule has 0 saturated carbocycles. The molecule has 0 aliphatic heterocycles. The van der Waals surface area contributed by atoms with E-state index in [1.165, 1.54) is 16.2 Å². The van der Waals surface area contributed by atoms with E-state index in [2.05, 4.69) is 35.9 Å². The summed E-state index contributed by atoms with van der Waals surface area (Å²) < 4.78 is 0. The number of unbranched alkanes of at least 4 members (excludes halogenated alkanes) is 1. The largest absolute Gasteiger partial charge is 0.340 e. The minimum Gasteiger partial charge on any atom is -0.340 e. The number of nitrogens with one attached hydrogen (secondary N) is 1. The molecule has 2 rings (SSSR count). The number of aromatic amines is 1. The van der Waals surface area contributed by atoms with Gasteiger partial charge in [-0.2, -0.15) is 0 Å². The van der Waals surface area contributed by atoms with Gasteiger partial charge < -0.3 is 10.7 Å². The van der Waals surface area contributed by atoms with Crippen molar-refractivity contribution in [2.24, 2.45) is 5.73 Å². The minimum absolute atomic E-state index is 0.0318. The van der Waals surface area contributed by atoms with Gasteiger partial charge in [0.1, 0.15) is 5.82 Å². The van der Waals surface area contributed by atoms with Crippen molar-refractivity contribution in [2.75, 3.05) is 0 Å². The zero-order valence-electron chi connectivity index (χ0n) is 11.1. The van der Waals surface area contributed by atoms with Gasteiger partial charge in [0.05, 0.1) is 22.8 Å². The van der Waals surface area contributed by atoms with Crippen molar-refractivity contribution in [3.63, 3.8) is 0 Å². The molecule has 18 heavy (non-hydrogen) atoms. The molecular weight excluding hydrogens is 242 g/mol.